The lowest BCUT2D eigenvalue weighted by molar-refractivity contribution is -0.130. The monoisotopic (exact) mass is 272 g/mol. The van der Waals surface area contributed by atoms with Crippen molar-refractivity contribution in [3.05, 3.63) is 0 Å². The number of carbonyl (C=O) groups excluding carboxylic acids is 1. The minimum Gasteiger partial charge on any atom is -0.353 e. The second-order valence-electron chi connectivity index (χ2n) is 6.55. The Bertz CT molecular complexity index is 303. The summed E-state index contributed by atoms with van der Waals surface area (Å²) in [5, 5.41) is 6.94. The third-order valence-electron chi connectivity index (χ3n) is 5.06. The Morgan fingerprint density at radius 1 is 1.17 bits per heavy atom. The summed E-state index contributed by atoms with van der Waals surface area (Å²) in [5.74, 6) is 0.321. The third kappa shape index (κ3) is 2.67. The molecule has 104 valence electrons. The van der Waals surface area contributed by atoms with Crippen LogP contribution in [0.3, 0.4) is 0 Å². The van der Waals surface area contributed by atoms with Gasteiger partial charge in [0, 0.05) is 23.5 Å². The lowest BCUT2D eigenvalue weighted by atomic mass is 9.87. The Kier molecular flexibility index (Phi) is 4.22. The molecular formula is C14H25ClN2O. The van der Waals surface area contributed by atoms with Crippen LogP contribution in [0.25, 0.3) is 0 Å². The topological polar surface area (TPSA) is 41.1 Å². The Balaban J connectivity index is 0.00000120. The maximum absolute atomic E-state index is 12.3. The summed E-state index contributed by atoms with van der Waals surface area (Å²) >= 11 is 0. The van der Waals surface area contributed by atoms with Crippen LogP contribution in [0.4, 0.5) is 0 Å². The molecule has 1 amide bonds. The minimum atomic E-state index is -0.0656. The molecule has 2 heterocycles. The van der Waals surface area contributed by atoms with Crippen LogP contribution in [0, 0.1) is 5.41 Å². The van der Waals surface area contributed by atoms with Gasteiger partial charge in [-0.25, -0.2) is 0 Å². The van der Waals surface area contributed by atoms with Gasteiger partial charge in [0.1, 0.15) is 0 Å². The Morgan fingerprint density at radius 3 is 2.28 bits per heavy atom. The molecule has 0 spiro atoms. The molecule has 3 aliphatic rings. The van der Waals surface area contributed by atoms with Gasteiger partial charge in [0.05, 0.1) is 0 Å². The number of rotatable bonds is 2. The first-order valence-electron chi connectivity index (χ1n) is 7.23. The number of hydrogen-bond donors (Lipinski definition) is 2. The molecule has 0 radical (unpaired) electrons. The smallest absolute Gasteiger partial charge is 0.226 e. The van der Waals surface area contributed by atoms with Crippen LogP contribution in [0.2, 0.25) is 0 Å². The van der Waals surface area contributed by atoms with E-state index in [1.165, 1.54) is 25.7 Å². The van der Waals surface area contributed by atoms with Crippen LogP contribution < -0.4 is 10.6 Å². The second-order valence-corrected chi connectivity index (χ2v) is 6.55. The normalized spacial score (nSPS) is 37.1. The number of carbonyl (C=O) groups is 1. The lowest BCUT2D eigenvalue weighted by Crippen LogP contribution is -2.50. The molecular weight excluding hydrogens is 248 g/mol. The van der Waals surface area contributed by atoms with Crippen molar-refractivity contribution in [1.29, 1.82) is 0 Å². The van der Waals surface area contributed by atoms with Crippen molar-refractivity contribution in [1.82, 2.24) is 10.6 Å². The van der Waals surface area contributed by atoms with E-state index >= 15 is 0 Å². The van der Waals surface area contributed by atoms with Crippen molar-refractivity contribution >= 4 is 18.3 Å². The van der Waals surface area contributed by atoms with Gasteiger partial charge in [0.25, 0.3) is 0 Å². The summed E-state index contributed by atoms with van der Waals surface area (Å²) in [6, 6.07) is 1.75. The SMILES string of the molecule is CC1(C(=O)NC2CC3CCC(C2)N3)CCCC1.Cl. The van der Waals surface area contributed by atoms with Crippen LogP contribution in [-0.2, 0) is 4.79 Å². The largest absolute Gasteiger partial charge is 0.353 e. The summed E-state index contributed by atoms with van der Waals surface area (Å²) in [5.41, 5.74) is -0.0656. The predicted molar refractivity (Wildman–Crippen MR) is 74.9 cm³/mol. The molecule has 2 saturated heterocycles. The fourth-order valence-corrected chi connectivity index (χ4v) is 3.92. The van der Waals surface area contributed by atoms with Crippen molar-refractivity contribution in [3.63, 3.8) is 0 Å². The Hall–Kier alpha value is -0.280. The molecule has 1 saturated carbocycles. The van der Waals surface area contributed by atoms with Crippen LogP contribution >= 0.6 is 12.4 Å². The van der Waals surface area contributed by atoms with Gasteiger partial charge >= 0.3 is 0 Å². The van der Waals surface area contributed by atoms with Gasteiger partial charge in [-0.1, -0.05) is 19.8 Å². The molecule has 3 fully saturated rings. The highest BCUT2D eigenvalue weighted by atomic mass is 35.5. The van der Waals surface area contributed by atoms with E-state index in [0.717, 1.165) is 25.7 Å². The zero-order chi connectivity index (χ0) is 11.9. The zero-order valence-corrected chi connectivity index (χ0v) is 12.0. The summed E-state index contributed by atoms with van der Waals surface area (Å²) < 4.78 is 0. The first kappa shape index (κ1) is 14.1. The highest BCUT2D eigenvalue weighted by Crippen LogP contribution is 2.38. The number of nitrogens with one attached hydrogen (secondary N) is 2. The maximum atomic E-state index is 12.3. The van der Waals surface area contributed by atoms with Gasteiger partial charge in [0.15, 0.2) is 0 Å². The fraction of sp³-hybridized carbons (Fsp3) is 0.929. The molecule has 3 rings (SSSR count). The van der Waals surface area contributed by atoms with E-state index in [9.17, 15) is 4.79 Å². The first-order valence-corrected chi connectivity index (χ1v) is 7.23. The number of hydrogen-bond acceptors (Lipinski definition) is 2. The van der Waals surface area contributed by atoms with Crippen LogP contribution in [0.1, 0.15) is 58.3 Å². The van der Waals surface area contributed by atoms with E-state index in [1.807, 2.05) is 0 Å². The fourth-order valence-electron chi connectivity index (χ4n) is 3.92. The van der Waals surface area contributed by atoms with Gasteiger partial charge in [-0.3, -0.25) is 4.79 Å². The number of fused-ring (bicyclic) bond motifs is 2. The quantitative estimate of drug-likeness (QED) is 0.810. The van der Waals surface area contributed by atoms with Crippen molar-refractivity contribution in [2.24, 2.45) is 5.41 Å². The van der Waals surface area contributed by atoms with Crippen LogP contribution in [0.15, 0.2) is 0 Å². The molecule has 2 N–H and O–H groups in total. The number of amides is 1. The summed E-state index contributed by atoms with van der Waals surface area (Å²) in [6.07, 6.45) is 9.48. The minimum absolute atomic E-state index is 0. The van der Waals surface area contributed by atoms with Gasteiger partial charge in [-0.15, -0.1) is 12.4 Å². The molecule has 1 aliphatic carbocycles. The van der Waals surface area contributed by atoms with Crippen molar-refractivity contribution < 1.29 is 4.79 Å². The van der Waals surface area contributed by atoms with Gasteiger partial charge in [-0.05, 0) is 38.5 Å². The van der Waals surface area contributed by atoms with Crippen LogP contribution in [-0.4, -0.2) is 24.0 Å². The van der Waals surface area contributed by atoms with E-state index in [0.29, 0.717) is 24.0 Å². The van der Waals surface area contributed by atoms with Crippen molar-refractivity contribution in [3.8, 4) is 0 Å². The van der Waals surface area contributed by atoms with Gasteiger partial charge in [-0.2, -0.15) is 0 Å². The van der Waals surface area contributed by atoms with E-state index in [2.05, 4.69) is 17.6 Å². The van der Waals surface area contributed by atoms with Gasteiger partial charge in [0.2, 0.25) is 5.91 Å². The molecule has 0 aromatic carbocycles. The average molecular weight is 273 g/mol. The maximum Gasteiger partial charge on any atom is 0.226 e. The molecule has 2 aliphatic heterocycles. The predicted octanol–water partition coefficient (Wildman–Crippen LogP) is 2.39. The lowest BCUT2D eigenvalue weighted by Gasteiger charge is -2.32. The molecule has 0 aromatic heterocycles. The number of halogens is 1. The molecule has 4 heteroatoms. The van der Waals surface area contributed by atoms with Crippen molar-refractivity contribution in [2.75, 3.05) is 0 Å². The molecule has 2 atom stereocenters. The van der Waals surface area contributed by atoms with Crippen molar-refractivity contribution in [2.45, 2.75) is 76.4 Å². The van der Waals surface area contributed by atoms with E-state index in [-0.39, 0.29) is 17.8 Å². The molecule has 0 aromatic rings. The third-order valence-corrected chi connectivity index (χ3v) is 5.06. The molecule has 3 nitrogen and oxygen atoms in total. The summed E-state index contributed by atoms with van der Waals surface area (Å²) in [4.78, 5) is 12.3. The summed E-state index contributed by atoms with van der Waals surface area (Å²) in [6.45, 7) is 2.14. The second kappa shape index (κ2) is 5.38. The Morgan fingerprint density at radius 2 is 1.72 bits per heavy atom. The highest BCUT2D eigenvalue weighted by Gasteiger charge is 2.39. The Labute approximate surface area is 116 Å². The first-order chi connectivity index (χ1) is 8.16. The average Bonchev–Trinajstić information content (AvgIpc) is 2.87. The molecule has 18 heavy (non-hydrogen) atoms. The number of piperidine rings is 1. The molecule has 2 unspecified atom stereocenters. The zero-order valence-electron chi connectivity index (χ0n) is 11.2. The van der Waals surface area contributed by atoms with Gasteiger partial charge < -0.3 is 10.6 Å². The van der Waals surface area contributed by atoms with E-state index in [4.69, 9.17) is 0 Å². The highest BCUT2D eigenvalue weighted by molar-refractivity contribution is 5.85. The summed E-state index contributed by atoms with van der Waals surface area (Å²) in [7, 11) is 0. The molecule has 2 bridgehead atoms. The van der Waals surface area contributed by atoms with E-state index in [1.54, 1.807) is 0 Å². The van der Waals surface area contributed by atoms with Crippen LogP contribution in [0.5, 0.6) is 0 Å². The standard InChI is InChI=1S/C14H24N2O.ClH/c1-14(6-2-3-7-14)13(17)16-12-8-10-4-5-11(9-12)15-10;/h10-12,15H,2-9H2,1H3,(H,16,17);1H. The van der Waals surface area contributed by atoms with E-state index < -0.39 is 0 Å².